The average molecular weight is 421 g/mol. The molecule has 1 amide bonds. The van der Waals surface area contributed by atoms with Crippen molar-refractivity contribution in [2.75, 3.05) is 26.7 Å². The second-order valence-electron chi connectivity index (χ2n) is 5.57. The van der Waals surface area contributed by atoms with Crippen LogP contribution in [0.25, 0.3) is 0 Å². The van der Waals surface area contributed by atoms with E-state index in [-0.39, 0.29) is 11.7 Å². The quantitative estimate of drug-likeness (QED) is 0.366. The van der Waals surface area contributed by atoms with Gasteiger partial charge in [0.2, 0.25) is 0 Å². The molecule has 5 nitrogen and oxygen atoms in total. The molecule has 0 heterocycles. The summed E-state index contributed by atoms with van der Waals surface area (Å²) in [5, 5.41) is 9.18. The summed E-state index contributed by atoms with van der Waals surface area (Å²) in [6, 6.07) is 13.7. The van der Waals surface area contributed by atoms with E-state index in [9.17, 15) is 9.18 Å². The largest absolute Gasteiger partial charge is 0.356 e. The smallest absolute Gasteiger partial charge is 0.251 e. The molecule has 0 bridgehead atoms. The Balaban J connectivity index is 1.65. The molecular formula is C19H22BrFN4O. The Morgan fingerprint density at radius 1 is 1.04 bits per heavy atom. The fourth-order valence-corrected chi connectivity index (χ4v) is 2.68. The molecule has 0 spiro atoms. The van der Waals surface area contributed by atoms with Gasteiger partial charge >= 0.3 is 0 Å². The zero-order valence-electron chi connectivity index (χ0n) is 14.6. The molecular weight excluding hydrogens is 399 g/mol. The van der Waals surface area contributed by atoms with Crippen LogP contribution in [0.1, 0.15) is 15.9 Å². The Labute approximate surface area is 161 Å². The molecule has 0 atom stereocenters. The molecule has 2 aromatic rings. The molecule has 0 radical (unpaired) electrons. The SMILES string of the molecule is CN=C(NCCNC(=O)c1cccc(Br)c1)NCCc1ccc(F)cc1. The average Bonchev–Trinajstić information content (AvgIpc) is 2.65. The highest BCUT2D eigenvalue weighted by Gasteiger charge is 2.05. The number of hydrogen-bond acceptors (Lipinski definition) is 2. The van der Waals surface area contributed by atoms with Crippen molar-refractivity contribution in [3.05, 3.63) is 69.9 Å². The lowest BCUT2D eigenvalue weighted by Crippen LogP contribution is -2.42. The first-order valence-corrected chi connectivity index (χ1v) is 9.10. The fraction of sp³-hybridized carbons (Fsp3) is 0.263. The third kappa shape index (κ3) is 6.84. The number of carbonyl (C=O) groups is 1. The molecule has 26 heavy (non-hydrogen) atoms. The topological polar surface area (TPSA) is 65.5 Å². The monoisotopic (exact) mass is 420 g/mol. The Bertz CT molecular complexity index is 749. The third-order valence-corrected chi connectivity index (χ3v) is 4.13. The van der Waals surface area contributed by atoms with Gasteiger partial charge in [0.15, 0.2) is 5.96 Å². The van der Waals surface area contributed by atoms with E-state index in [4.69, 9.17) is 0 Å². The summed E-state index contributed by atoms with van der Waals surface area (Å²) in [5.41, 5.74) is 1.66. The molecule has 7 heteroatoms. The van der Waals surface area contributed by atoms with Crippen molar-refractivity contribution >= 4 is 27.8 Å². The first kappa shape index (κ1) is 19.9. The third-order valence-electron chi connectivity index (χ3n) is 3.63. The highest BCUT2D eigenvalue weighted by Crippen LogP contribution is 2.11. The molecule has 0 fully saturated rings. The fourth-order valence-electron chi connectivity index (χ4n) is 2.29. The Morgan fingerprint density at radius 2 is 1.73 bits per heavy atom. The number of halogens is 2. The van der Waals surface area contributed by atoms with E-state index in [1.807, 2.05) is 12.1 Å². The molecule has 0 aliphatic heterocycles. The minimum atomic E-state index is -0.232. The summed E-state index contributed by atoms with van der Waals surface area (Å²) in [4.78, 5) is 16.2. The molecule has 0 aliphatic rings. The van der Waals surface area contributed by atoms with Gasteiger partial charge in [-0.2, -0.15) is 0 Å². The maximum atomic E-state index is 12.9. The number of aliphatic imine (C=N–C) groups is 1. The van der Waals surface area contributed by atoms with E-state index in [0.29, 0.717) is 31.2 Å². The van der Waals surface area contributed by atoms with Crippen molar-refractivity contribution in [3.8, 4) is 0 Å². The normalized spacial score (nSPS) is 11.1. The predicted molar refractivity (Wildman–Crippen MR) is 106 cm³/mol. The summed E-state index contributed by atoms with van der Waals surface area (Å²) < 4.78 is 13.7. The van der Waals surface area contributed by atoms with Gasteiger partial charge < -0.3 is 16.0 Å². The van der Waals surface area contributed by atoms with Crippen LogP contribution in [0, 0.1) is 5.82 Å². The van der Waals surface area contributed by atoms with Crippen LogP contribution in [-0.4, -0.2) is 38.5 Å². The Hall–Kier alpha value is -2.41. The van der Waals surface area contributed by atoms with Gasteiger partial charge in [-0.3, -0.25) is 9.79 Å². The summed E-state index contributed by atoms with van der Waals surface area (Å²) >= 11 is 3.35. The maximum Gasteiger partial charge on any atom is 0.251 e. The van der Waals surface area contributed by atoms with Crippen LogP contribution in [0.3, 0.4) is 0 Å². The first-order valence-electron chi connectivity index (χ1n) is 8.31. The van der Waals surface area contributed by atoms with Crippen molar-refractivity contribution in [1.82, 2.24) is 16.0 Å². The minimum Gasteiger partial charge on any atom is -0.356 e. The zero-order chi connectivity index (χ0) is 18.8. The molecule has 2 rings (SSSR count). The van der Waals surface area contributed by atoms with Crippen molar-refractivity contribution in [3.63, 3.8) is 0 Å². The molecule has 0 saturated heterocycles. The lowest BCUT2D eigenvalue weighted by Gasteiger charge is -2.12. The van der Waals surface area contributed by atoms with Crippen LogP contribution < -0.4 is 16.0 Å². The van der Waals surface area contributed by atoms with Crippen LogP contribution in [0.5, 0.6) is 0 Å². The van der Waals surface area contributed by atoms with E-state index in [0.717, 1.165) is 16.5 Å². The number of rotatable bonds is 7. The van der Waals surface area contributed by atoms with E-state index in [1.54, 1.807) is 31.3 Å². The highest BCUT2D eigenvalue weighted by atomic mass is 79.9. The molecule has 0 aliphatic carbocycles. The van der Waals surface area contributed by atoms with Gasteiger partial charge in [0.1, 0.15) is 5.82 Å². The van der Waals surface area contributed by atoms with Crippen LogP contribution in [0.2, 0.25) is 0 Å². The van der Waals surface area contributed by atoms with Crippen molar-refractivity contribution < 1.29 is 9.18 Å². The van der Waals surface area contributed by atoms with E-state index < -0.39 is 0 Å². The lowest BCUT2D eigenvalue weighted by atomic mass is 10.1. The minimum absolute atomic E-state index is 0.118. The molecule has 0 saturated carbocycles. The molecule has 0 aromatic heterocycles. The van der Waals surface area contributed by atoms with E-state index >= 15 is 0 Å². The second-order valence-corrected chi connectivity index (χ2v) is 6.48. The number of nitrogens with one attached hydrogen (secondary N) is 3. The van der Waals surface area contributed by atoms with Gasteiger partial charge in [-0.25, -0.2) is 4.39 Å². The summed E-state index contributed by atoms with van der Waals surface area (Å²) in [7, 11) is 1.69. The van der Waals surface area contributed by atoms with E-state index in [1.165, 1.54) is 12.1 Å². The van der Waals surface area contributed by atoms with Crippen LogP contribution in [-0.2, 0) is 6.42 Å². The summed E-state index contributed by atoms with van der Waals surface area (Å²) in [5.74, 6) is 0.306. The van der Waals surface area contributed by atoms with Crippen LogP contribution in [0.4, 0.5) is 4.39 Å². The zero-order valence-corrected chi connectivity index (χ0v) is 16.1. The van der Waals surface area contributed by atoms with Gasteiger partial charge in [0.05, 0.1) is 0 Å². The maximum absolute atomic E-state index is 12.9. The highest BCUT2D eigenvalue weighted by molar-refractivity contribution is 9.10. The Morgan fingerprint density at radius 3 is 2.42 bits per heavy atom. The van der Waals surface area contributed by atoms with Crippen molar-refractivity contribution in [2.45, 2.75) is 6.42 Å². The number of hydrogen-bond donors (Lipinski definition) is 3. The van der Waals surface area contributed by atoms with Crippen LogP contribution >= 0.6 is 15.9 Å². The van der Waals surface area contributed by atoms with Gasteiger partial charge in [-0.1, -0.05) is 34.1 Å². The second kappa shape index (κ2) is 10.6. The van der Waals surface area contributed by atoms with Gasteiger partial charge in [0, 0.05) is 36.7 Å². The lowest BCUT2D eigenvalue weighted by molar-refractivity contribution is 0.0954. The van der Waals surface area contributed by atoms with Gasteiger partial charge in [0.25, 0.3) is 5.91 Å². The number of carbonyl (C=O) groups excluding carboxylic acids is 1. The number of benzene rings is 2. The molecule has 2 aromatic carbocycles. The van der Waals surface area contributed by atoms with Crippen molar-refractivity contribution in [1.29, 1.82) is 0 Å². The van der Waals surface area contributed by atoms with Gasteiger partial charge in [-0.05, 0) is 42.3 Å². The molecule has 3 N–H and O–H groups in total. The number of amides is 1. The number of guanidine groups is 1. The molecule has 0 unspecified atom stereocenters. The van der Waals surface area contributed by atoms with E-state index in [2.05, 4.69) is 36.9 Å². The summed E-state index contributed by atoms with van der Waals surface area (Å²) in [6.07, 6.45) is 0.764. The number of nitrogens with zero attached hydrogens (tertiary/aromatic N) is 1. The standard InChI is InChI=1S/C19H22BrFN4O/c1-22-19(24-10-9-14-5-7-17(21)8-6-14)25-12-11-23-18(26)15-3-2-4-16(20)13-15/h2-8,13H,9-12H2,1H3,(H,23,26)(H2,22,24,25). The van der Waals surface area contributed by atoms with Crippen molar-refractivity contribution in [2.24, 2.45) is 4.99 Å². The van der Waals surface area contributed by atoms with Crippen LogP contribution in [0.15, 0.2) is 58.0 Å². The summed E-state index contributed by atoms with van der Waals surface area (Å²) in [6.45, 7) is 1.70. The first-order chi connectivity index (χ1) is 12.6. The van der Waals surface area contributed by atoms with Gasteiger partial charge in [-0.15, -0.1) is 0 Å². The Kier molecular flexibility index (Phi) is 8.08. The molecule has 138 valence electrons. The predicted octanol–water partition coefficient (Wildman–Crippen LogP) is 2.73.